The minimum atomic E-state index is -0.904. The van der Waals surface area contributed by atoms with Gasteiger partial charge < -0.3 is 20.1 Å². The third kappa shape index (κ3) is 7.27. The van der Waals surface area contributed by atoms with Gasteiger partial charge in [-0.05, 0) is 37.0 Å². The highest BCUT2D eigenvalue weighted by molar-refractivity contribution is 6.03. The summed E-state index contributed by atoms with van der Waals surface area (Å²) in [5, 5.41) is 9.18. The van der Waals surface area contributed by atoms with Gasteiger partial charge in [-0.15, -0.1) is 6.58 Å². The van der Waals surface area contributed by atoms with Crippen LogP contribution in [0.3, 0.4) is 0 Å². The second kappa shape index (κ2) is 12.9. The molecule has 0 saturated carbocycles. The number of rotatable bonds is 11. The molecule has 36 heavy (non-hydrogen) atoms. The zero-order valence-electron chi connectivity index (χ0n) is 20.4. The van der Waals surface area contributed by atoms with Gasteiger partial charge in [0.15, 0.2) is 5.82 Å². The maximum atomic E-state index is 13.4. The summed E-state index contributed by atoms with van der Waals surface area (Å²) in [5.74, 6) is -0.579. The number of nitrogens with one attached hydrogen (secondary N) is 2. The lowest BCUT2D eigenvalue weighted by Gasteiger charge is -2.30. The van der Waals surface area contributed by atoms with Crippen LogP contribution >= 0.6 is 0 Å². The lowest BCUT2D eigenvalue weighted by Crippen LogP contribution is -2.44. The van der Waals surface area contributed by atoms with E-state index >= 15 is 0 Å². The summed E-state index contributed by atoms with van der Waals surface area (Å²) in [7, 11) is 0. The Hall–Kier alpha value is -4.46. The summed E-state index contributed by atoms with van der Waals surface area (Å²) in [6, 6.07) is 17.9. The molecule has 3 rings (SSSR count). The van der Waals surface area contributed by atoms with E-state index in [4.69, 9.17) is 4.52 Å². The van der Waals surface area contributed by atoms with Crippen molar-refractivity contribution >= 4 is 23.5 Å². The highest BCUT2D eigenvalue weighted by Gasteiger charge is 2.30. The van der Waals surface area contributed by atoms with Crippen molar-refractivity contribution in [3.63, 3.8) is 0 Å². The number of aromatic nitrogens is 1. The molecule has 3 aromatic rings. The molecule has 186 valence electrons. The van der Waals surface area contributed by atoms with E-state index in [1.807, 2.05) is 61.5 Å². The first-order valence-corrected chi connectivity index (χ1v) is 11.6. The van der Waals surface area contributed by atoms with Gasteiger partial charge in [0, 0.05) is 31.3 Å². The van der Waals surface area contributed by atoms with Crippen LogP contribution < -0.4 is 10.6 Å². The summed E-state index contributed by atoms with van der Waals surface area (Å²) in [6.45, 7) is 7.86. The van der Waals surface area contributed by atoms with E-state index in [1.165, 1.54) is 4.90 Å². The fourth-order valence-corrected chi connectivity index (χ4v) is 3.71. The molecule has 1 atom stereocenters. The quantitative estimate of drug-likeness (QED) is 0.316. The van der Waals surface area contributed by atoms with Crippen molar-refractivity contribution in [1.82, 2.24) is 15.4 Å². The van der Waals surface area contributed by atoms with Gasteiger partial charge in [-0.1, -0.05) is 65.8 Å². The van der Waals surface area contributed by atoms with Crippen molar-refractivity contribution in [2.75, 3.05) is 18.4 Å². The maximum Gasteiger partial charge on any atom is 0.249 e. The fourth-order valence-electron chi connectivity index (χ4n) is 3.71. The molecule has 8 nitrogen and oxygen atoms in total. The first kappa shape index (κ1) is 26.2. The van der Waals surface area contributed by atoms with Crippen LogP contribution in [0.25, 0.3) is 0 Å². The van der Waals surface area contributed by atoms with Crippen LogP contribution in [0.15, 0.2) is 90.0 Å². The van der Waals surface area contributed by atoms with Crippen molar-refractivity contribution in [2.45, 2.75) is 26.3 Å². The van der Waals surface area contributed by atoms with Crippen LogP contribution in [0.1, 0.15) is 28.5 Å². The van der Waals surface area contributed by atoms with Gasteiger partial charge in [0.2, 0.25) is 17.7 Å². The summed E-state index contributed by atoms with van der Waals surface area (Å²) >= 11 is 0. The molecule has 0 radical (unpaired) electrons. The van der Waals surface area contributed by atoms with Gasteiger partial charge in [-0.25, -0.2) is 0 Å². The minimum absolute atomic E-state index is 0.110. The Labute approximate surface area is 210 Å². The third-order valence-corrected chi connectivity index (χ3v) is 5.46. The number of nitrogens with zero attached hydrogens (tertiary/aromatic N) is 2. The normalized spacial score (nSPS) is 11.6. The van der Waals surface area contributed by atoms with Crippen LogP contribution in [0.5, 0.6) is 0 Å². The molecule has 0 aliphatic carbocycles. The maximum absolute atomic E-state index is 13.4. The SMILES string of the molecule is C=CCN(C(=O)/C=C/C(=O)Nc1cc(C)on1)[C@@H](C(=O)NCCc1ccccc1)c1ccccc1C. The predicted octanol–water partition coefficient (Wildman–Crippen LogP) is 3.90. The van der Waals surface area contributed by atoms with Crippen LogP contribution in [-0.4, -0.2) is 40.9 Å². The van der Waals surface area contributed by atoms with Crippen molar-refractivity contribution in [3.05, 3.63) is 108 Å². The average Bonchev–Trinajstić information content (AvgIpc) is 3.28. The molecular weight excluding hydrogens is 456 g/mol. The van der Waals surface area contributed by atoms with E-state index in [9.17, 15) is 14.4 Å². The van der Waals surface area contributed by atoms with Gasteiger partial charge in [-0.2, -0.15) is 0 Å². The van der Waals surface area contributed by atoms with Crippen LogP contribution in [-0.2, 0) is 20.8 Å². The molecule has 0 aliphatic heterocycles. The zero-order valence-corrected chi connectivity index (χ0v) is 20.4. The van der Waals surface area contributed by atoms with Gasteiger partial charge in [0.1, 0.15) is 11.8 Å². The highest BCUT2D eigenvalue weighted by Crippen LogP contribution is 2.25. The number of carbonyl (C=O) groups excluding carboxylic acids is 3. The van der Waals surface area contributed by atoms with Crippen LogP contribution in [0.4, 0.5) is 5.82 Å². The molecule has 0 fully saturated rings. The van der Waals surface area contributed by atoms with Gasteiger partial charge in [-0.3, -0.25) is 14.4 Å². The van der Waals surface area contributed by atoms with Crippen molar-refractivity contribution in [3.8, 4) is 0 Å². The Morgan fingerprint density at radius 1 is 1.06 bits per heavy atom. The average molecular weight is 487 g/mol. The molecule has 1 heterocycles. The summed E-state index contributed by atoms with van der Waals surface area (Å²) in [6.07, 6.45) is 4.44. The molecular formula is C28H30N4O4. The Morgan fingerprint density at radius 2 is 1.78 bits per heavy atom. The Balaban J connectivity index is 1.79. The molecule has 3 amide bonds. The van der Waals surface area contributed by atoms with Gasteiger partial charge in [0.05, 0.1) is 0 Å². The Morgan fingerprint density at radius 3 is 2.44 bits per heavy atom. The van der Waals surface area contributed by atoms with Gasteiger partial charge in [0.25, 0.3) is 0 Å². The molecule has 0 saturated heterocycles. The van der Waals surface area contributed by atoms with Crippen LogP contribution in [0.2, 0.25) is 0 Å². The molecule has 2 N–H and O–H groups in total. The number of carbonyl (C=O) groups is 3. The highest BCUT2D eigenvalue weighted by atomic mass is 16.5. The standard InChI is InChI=1S/C28H30N4O4/c1-4-18-32(26(34)15-14-25(33)30-24-19-21(3)36-31-24)27(23-13-9-8-10-20(23)2)28(35)29-17-16-22-11-6-5-7-12-22/h4-15,19,27H,1,16-18H2,2-3H3,(H,29,35)(H,30,31,33)/b15-14+/t27-/m1/s1. The lowest BCUT2D eigenvalue weighted by molar-refractivity contribution is -0.137. The van der Waals surface area contributed by atoms with Crippen molar-refractivity contribution in [1.29, 1.82) is 0 Å². The monoisotopic (exact) mass is 486 g/mol. The first-order valence-electron chi connectivity index (χ1n) is 11.6. The molecule has 2 aromatic carbocycles. The van der Waals surface area contributed by atoms with E-state index in [0.29, 0.717) is 24.3 Å². The summed E-state index contributed by atoms with van der Waals surface area (Å²) in [5.41, 5.74) is 2.66. The molecule has 0 spiro atoms. The molecule has 1 aromatic heterocycles. The number of anilines is 1. The summed E-state index contributed by atoms with van der Waals surface area (Å²) < 4.78 is 4.92. The Bertz CT molecular complexity index is 1230. The first-order chi connectivity index (χ1) is 17.4. The third-order valence-electron chi connectivity index (χ3n) is 5.46. The second-order valence-electron chi connectivity index (χ2n) is 8.21. The topological polar surface area (TPSA) is 105 Å². The predicted molar refractivity (Wildman–Crippen MR) is 138 cm³/mol. The number of hydrogen-bond acceptors (Lipinski definition) is 5. The number of hydrogen-bond donors (Lipinski definition) is 2. The molecule has 0 unspecified atom stereocenters. The number of aryl methyl sites for hydroxylation is 2. The zero-order chi connectivity index (χ0) is 25.9. The smallest absolute Gasteiger partial charge is 0.249 e. The largest absolute Gasteiger partial charge is 0.360 e. The van der Waals surface area contributed by atoms with E-state index in [0.717, 1.165) is 23.3 Å². The van der Waals surface area contributed by atoms with Gasteiger partial charge >= 0.3 is 0 Å². The van der Waals surface area contributed by atoms with E-state index < -0.39 is 17.9 Å². The summed E-state index contributed by atoms with van der Waals surface area (Å²) in [4.78, 5) is 40.3. The van der Waals surface area contributed by atoms with E-state index in [1.54, 1.807) is 19.1 Å². The molecule has 0 aliphatic rings. The Kier molecular flexibility index (Phi) is 9.33. The van der Waals surface area contributed by atoms with Crippen molar-refractivity contribution in [2.24, 2.45) is 0 Å². The lowest BCUT2D eigenvalue weighted by atomic mass is 9.98. The van der Waals surface area contributed by atoms with E-state index in [-0.39, 0.29) is 18.3 Å². The fraction of sp³-hybridized carbons (Fsp3) is 0.214. The minimum Gasteiger partial charge on any atom is -0.360 e. The molecule has 8 heteroatoms. The number of amides is 3. The number of benzene rings is 2. The van der Waals surface area contributed by atoms with Crippen LogP contribution in [0, 0.1) is 13.8 Å². The van der Waals surface area contributed by atoms with E-state index in [2.05, 4.69) is 22.4 Å². The van der Waals surface area contributed by atoms with Crippen molar-refractivity contribution < 1.29 is 18.9 Å². The molecule has 0 bridgehead atoms. The second-order valence-corrected chi connectivity index (χ2v) is 8.21.